The van der Waals surface area contributed by atoms with Crippen LogP contribution in [0.2, 0.25) is 0 Å². The van der Waals surface area contributed by atoms with E-state index in [0.29, 0.717) is 0 Å². The summed E-state index contributed by atoms with van der Waals surface area (Å²) >= 11 is 0. The standard InChI is InChI=1S/Fe.K.H4O4Si.H/c;;1-5(2,3)4;/h;;1-4H;. The summed E-state index contributed by atoms with van der Waals surface area (Å²) < 4.78 is 0. The van der Waals surface area contributed by atoms with Gasteiger partial charge in [-0.2, -0.15) is 0 Å². The Morgan fingerprint density at radius 1 is 0.857 bits per heavy atom. The van der Waals surface area contributed by atoms with Crippen molar-refractivity contribution >= 4 is 60.4 Å². The second-order valence-electron chi connectivity index (χ2n) is 0.600. The van der Waals surface area contributed by atoms with Gasteiger partial charge in [0.25, 0.3) is 0 Å². The summed E-state index contributed by atoms with van der Waals surface area (Å²) in [6.07, 6.45) is 0. The first-order valence-corrected chi connectivity index (χ1v) is 2.68. The first-order chi connectivity index (χ1) is 2.00. The third kappa shape index (κ3) is 64.7. The van der Waals surface area contributed by atoms with Crippen molar-refractivity contribution in [2.45, 2.75) is 0 Å². The summed E-state index contributed by atoms with van der Waals surface area (Å²) in [5.74, 6) is 0. The first kappa shape index (κ1) is 16.1. The van der Waals surface area contributed by atoms with Gasteiger partial charge in [-0.1, -0.05) is 0 Å². The summed E-state index contributed by atoms with van der Waals surface area (Å²) in [5, 5.41) is 0. The monoisotopic (exact) mass is 192 g/mol. The fourth-order valence-electron chi connectivity index (χ4n) is 0. The molecule has 7 heteroatoms. The van der Waals surface area contributed by atoms with Crippen molar-refractivity contribution < 1.29 is 36.3 Å². The molecular weight excluding hydrogens is 187 g/mol. The van der Waals surface area contributed by atoms with E-state index in [4.69, 9.17) is 19.2 Å². The molecule has 7 heavy (non-hydrogen) atoms. The normalized spacial score (nSPS) is 8.57. The quantitative estimate of drug-likeness (QED) is 0.304. The van der Waals surface area contributed by atoms with Crippen molar-refractivity contribution in [1.82, 2.24) is 0 Å². The van der Waals surface area contributed by atoms with E-state index in [-0.39, 0.29) is 68.5 Å². The maximum absolute atomic E-state index is 7.33. The van der Waals surface area contributed by atoms with Gasteiger partial charge in [-0.25, -0.2) is 0 Å². The van der Waals surface area contributed by atoms with Crippen LogP contribution < -0.4 is 0 Å². The number of rotatable bonds is 0. The molecule has 4 N–H and O–H groups in total. The van der Waals surface area contributed by atoms with E-state index in [1.165, 1.54) is 0 Å². The van der Waals surface area contributed by atoms with Gasteiger partial charge < -0.3 is 19.2 Å². The average Bonchev–Trinajstić information content (AvgIpc) is 0.722. The summed E-state index contributed by atoms with van der Waals surface area (Å²) in [4.78, 5) is 29.3. The first-order valence-electron chi connectivity index (χ1n) is 0.894. The molecule has 0 aliphatic carbocycles. The molecule has 0 aromatic rings. The van der Waals surface area contributed by atoms with E-state index < -0.39 is 9.05 Å². The Labute approximate surface area is 94.9 Å². The van der Waals surface area contributed by atoms with Crippen molar-refractivity contribution in [2.24, 2.45) is 0 Å². The minimum atomic E-state index is -4.61. The molecule has 0 saturated heterocycles. The number of hydrogen-bond acceptors (Lipinski definition) is 4. The van der Waals surface area contributed by atoms with Gasteiger partial charge in [0.2, 0.25) is 0 Å². The second kappa shape index (κ2) is 6.33. The van der Waals surface area contributed by atoms with E-state index in [0.717, 1.165) is 0 Å². The number of hydrogen-bond donors (Lipinski definition) is 4. The molecule has 0 radical (unpaired) electrons. The SMILES string of the molecule is O[Si](O)(O)O.[Fe].[KH]. The van der Waals surface area contributed by atoms with E-state index in [2.05, 4.69) is 0 Å². The Balaban J connectivity index is -0.0000000800. The van der Waals surface area contributed by atoms with Crippen LogP contribution in [0.15, 0.2) is 0 Å². The van der Waals surface area contributed by atoms with Crippen molar-refractivity contribution in [1.29, 1.82) is 0 Å². The van der Waals surface area contributed by atoms with Gasteiger partial charge in [0.05, 0.1) is 0 Å². The molecule has 0 aromatic carbocycles. The summed E-state index contributed by atoms with van der Waals surface area (Å²) in [7, 11) is -4.61. The third-order valence-electron chi connectivity index (χ3n) is 0. The van der Waals surface area contributed by atoms with Gasteiger partial charge in [-0.3, -0.25) is 0 Å². The van der Waals surface area contributed by atoms with Gasteiger partial charge in [0.15, 0.2) is 0 Å². The van der Waals surface area contributed by atoms with Crippen LogP contribution in [0.3, 0.4) is 0 Å². The zero-order chi connectivity index (χ0) is 4.50. The molecule has 0 atom stereocenters. The van der Waals surface area contributed by atoms with Crippen LogP contribution in [0.1, 0.15) is 0 Å². The van der Waals surface area contributed by atoms with Gasteiger partial charge >= 0.3 is 60.4 Å². The van der Waals surface area contributed by atoms with E-state index in [1.807, 2.05) is 0 Å². The Hall–Kier alpha value is 2.21. The second-order valence-corrected chi connectivity index (χ2v) is 1.80. The van der Waals surface area contributed by atoms with Crippen LogP contribution in [-0.4, -0.2) is 79.6 Å². The molecule has 0 fully saturated rings. The van der Waals surface area contributed by atoms with Crippen LogP contribution in [0.5, 0.6) is 0 Å². The predicted octanol–water partition coefficient (Wildman–Crippen LogP) is -3.26. The molecule has 0 aliphatic heterocycles. The van der Waals surface area contributed by atoms with Crippen LogP contribution in [0.25, 0.3) is 0 Å². The van der Waals surface area contributed by atoms with Crippen molar-refractivity contribution in [3.8, 4) is 0 Å². The molecule has 0 aliphatic rings. The average molecular weight is 192 g/mol. The Kier molecular flexibility index (Phi) is 14.6. The molecule has 0 saturated carbocycles. The van der Waals surface area contributed by atoms with Gasteiger partial charge in [0.1, 0.15) is 0 Å². The van der Waals surface area contributed by atoms with E-state index >= 15 is 0 Å². The van der Waals surface area contributed by atoms with E-state index in [9.17, 15) is 0 Å². The minimum absolute atomic E-state index is 0. The summed E-state index contributed by atoms with van der Waals surface area (Å²) in [6, 6.07) is 0. The molecule has 0 rings (SSSR count). The van der Waals surface area contributed by atoms with Crippen molar-refractivity contribution in [2.75, 3.05) is 0 Å². The topological polar surface area (TPSA) is 80.9 Å². The van der Waals surface area contributed by atoms with Gasteiger partial charge in [-0.15, -0.1) is 0 Å². The molecule has 0 heterocycles. The fourth-order valence-corrected chi connectivity index (χ4v) is 0. The Bertz CT molecular complexity index is 27.2. The maximum atomic E-state index is 7.33. The molecule has 4 nitrogen and oxygen atoms in total. The third-order valence-corrected chi connectivity index (χ3v) is 0. The van der Waals surface area contributed by atoms with Crippen LogP contribution in [-0.2, 0) is 17.1 Å². The fraction of sp³-hybridized carbons (Fsp3) is 0. The molecular formula is H5FeKO4Si. The predicted molar refractivity (Wildman–Crippen MR) is 21.8 cm³/mol. The zero-order valence-electron chi connectivity index (χ0n) is 2.64. The molecule has 0 aromatic heterocycles. The molecule has 0 amide bonds. The summed E-state index contributed by atoms with van der Waals surface area (Å²) in [5.41, 5.74) is 0. The zero-order valence-corrected chi connectivity index (χ0v) is 4.75. The van der Waals surface area contributed by atoms with Crippen molar-refractivity contribution in [3.63, 3.8) is 0 Å². The molecule has 0 spiro atoms. The van der Waals surface area contributed by atoms with Crippen molar-refractivity contribution in [3.05, 3.63) is 0 Å². The van der Waals surface area contributed by atoms with Crippen LogP contribution in [0, 0.1) is 0 Å². The van der Waals surface area contributed by atoms with Gasteiger partial charge in [0, 0.05) is 17.1 Å². The molecule has 0 unspecified atom stereocenters. The Morgan fingerprint density at radius 2 is 0.857 bits per heavy atom. The van der Waals surface area contributed by atoms with Crippen LogP contribution >= 0.6 is 0 Å². The van der Waals surface area contributed by atoms with Gasteiger partial charge in [-0.05, 0) is 0 Å². The molecule has 0 bridgehead atoms. The molecule has 42 valence electrons. The summed E-state index contributed by atoms with van der Waals surface area (Å²) in [6.45, 7) is 0. The van der Waals surface area contributed by atoms with Crippen LogP contribution in [0.4, 0.5) is 0 Å². The Morgan fingerprint density at radius 3 is 0.857 bits per heavy atom. The van der Waals surface area contributed by atoms with E-state index in [1.54, 1.807) is 0 Å².